The summed E-state index contributed by atoms with van der Waals surface area (Å²) in [5.74, 6) is -0.287. The monoisotopic (exact) mass is 371 g/mol. The maximum atomic E-state index is 12.1. The zero-order valence-corrected chi connectivity index (χ0v) is 15.5. The Morgan fingerprint density at radius 1 is 1.38 bits per heavy atom. The molecule has 7 heteroatoms. The highest BCUT2D eigenvalue weighted by Gasteiger charge is 2.33. The molecule has 0 saturated carbocycles. The summed E-state index contributed by atoms with van der Waals surface area (Å²) in [4.78, 5) is 28.0. The molecule has 1 heterocycles. The third-order valence-corrected chi connectivity index (χ3v) is 4.70. The van der Waals surface area contributed by atoms with Crippen molar-refractivity contribution in [2.24, 2.45) is 5.92 Å². The van der Waals surface area contributed by atoms with Crippen LogP contribution in [0.4, 0.5) is 0 Å². The van der Waals surface area contributed by atoms with Crippen LogP contribution in [0.3, 0.4) is 0 Å². The first-order valence-electron chi connectivity index (χ1n) is 8.01. The van der Waals surface area contributed by atoms with E-state index in [-0.39, 0.29) is 24.2 Å². The van der Waals surface area contributed by atoms with E-state index >= 15 is 0 Å². The number of carbonyl (C=O) groups is 2. The molecule has 1 unspecified atom stereocenters. The van der Waals surface area contributed by atoms with E-state index < -0.39 is 0 Å². The highest BCUT2D eigenvalue weighted by atomic mass is 35.5. The minimum atomic E-state index is -0.264. The lowest BCUT2D eigenvalue weighted by Gasteiger charge is -2.17. The van der Waals surface area contributed by atoms with E-state index in [9.17, 15) is 9.59 Å². The molecule has 132 valence electrons. The van der Waals surface area contributed by atoms with Crippen LogP contribution in [0, 0.1) is 5.92 Å². The Balaban J connectivity index is 1.82. The van der Waals surface area contributed by atoms with Crippen LogP contribution in [0.25, 0.3) is 0 Å². The number of likely N-dealkylation sites (tertiary alicyclic amines) is 1. The average molecular weight is 372 g/mol. The third-order valence-electron chi connectivity index (χ3n) is 4.11. The minimum Gasteiger partial charge on any atom is -0.355 e. The van der Waals surface area contributed by atoms with Crippen molar-refractivity contribution in [3.8, 4) is 0 Å². The van der Waals surface area contributed by atoms with Gasteiger partial charge in [-0.05, 0) is 38.2 Å². The fraction of sp³-hybridized carbons (Fsp3) is 0.529. The van der Waals surface area contributed by atoms with E-state index in [1.807, 2.05) is 25.1 Å². The van der Waals surface area contributed by atoms with Crippen molar-refractivity contribution in [3.05, 3.63) is 33.8 Å². The van der Waals surface area contributed by atoms with Crippen molar-refractivity contribution in [2.75, 3.05) is 40.3 Å². The van der Waals surface area contributed by atoms with Gasteiger partial charge in [-0.1, -0.05) is 29.3 Å². The molecule has 1 aliphatic heterocycles. The number of rotatable bonds is 7. The summed E-state index contributed by atoms with van der Waals surface area (Å²) in [5.41, 5.74) is 0.952. The van der Waals surface area contributed by atoms with Crippen molar-refractivity contribution in [1.82, 2.24) is 15.1 Å². The molecule has 0 radical (unpaired) electrons. The summed E-state index contributed by atoms with van der Waals surface area (Å²) < 4.78 is 0. The molecule has 5 nitrogen and oxygen atoms in total. The predicted octanol–water partition coefficient (Wildman–Crippen LogP) is 2.06. The van der Waals surface area contributed by atoms with Crippen LogP contribution in [0.15, 0.2) is 18.2 Å². The lowest BCUT2D eigenvalue weighted by atomic mass is 10.1. The van der Waals surface area contributed by atoms with E-state index in [2.05, 4.69) is 5.32 Å². The summed E-state index contributed by atoms with van der Waals surface area (Å²) in [5, 5.41) is 4.09. The summed E-state index contributed by atoms with van der Waals surface area (Å²) in [6.07, 6.45) is 0.929. The van der Waals surface area contributed by atoms with E-state index in [0.29, 0.717) is 36.1 Å². The molecule has 2 amide bonds. The SMILES string of the molecule is CN(C)CCNC(=O)C1CC(=O)N(CCc2ccc(Cl)cc2Cl)C1. The van der Waals surface area contributed by atoms with Crippen molar-refractivity contribution < 1.29 is 9.59 Å². The van der Waals surface area contributed by atoms with Crippen LogP contribution < -0.4 is 5.32 Å². The first kappa shape index (κ1) is 19.0. The maximum absolute atomic E-state index is 12.1. The van der Waals surface area contributed by atoms with Crippen LogP contribution in [0.2, 0.25) is 10.0 Å². The summed E-state index contributed by atoms with van der Waals surface area (Å²) in [6, 6.07) is 5.36. The van der Waals surface area contributed by atoms with Gasteiger partial charge in [0.15, 0.2) is 0 Å². The minimum absolute atomic E-state index is 0.0212. The molecule has 2 rings (SSSR count). The highest BCUT2D eigenvalue weighted by molar-refractivity contribution is 6.35. The molecule has 1 saturated heterocycles. The van der Waals surface area contributed by atoms with Gasteiger partial charge in [0.2, 0.25) is 11.8 Å². The van der Waals surface area contributed by atoms with Crippen molar-refractivity contribution in [2.45, 2.75) is 12.8 Å². The second-order valence-electron chi connectivity index (χ2n) is 6.32. The quantitative estimate of drug-likeness (QED) is 0.797. The molecule has 0 bridgehead atoms. The van der Waals surface area contributed by atoms with Gasteiger partial charge in [-0.3, -0.25) is 9.59 Å². The first-order chi connectivity index (χ1) is 11.4. The number of nitrogens with zero attached hydrogens (tertiary/aromatic N) is 2. The Morgan fingerprint density at radius 3 is 2.79 bits per heavy atom. The van der Waals surface area contributed by atoms with Crippen molar-refractivity contribution in [3.63, 3.8) is 0 Å². The molecule has 0 aliphatic carbocycles. The molecular formula is C17H23Cl2N3O2. The second-order valence-corrected chi connectivity index (χ2v) is 7.16. The Hall–Kier alpha value is -1.30. The number of nitrogens with one attached hydrogen (secondary N) is 1. The number of hydrogen-bond donors (Lipinski definition) is 1. The number of hydrogen-bond acceptors (Lipinski definition) is 3. The van der Waals surface area contributed by atoms with Crippen LogP contribution in [-0.4, -0.2) is 61.9 Å². The topological polar surface area (TPSA) is 52.7 Å². The number of carbonyl (C=O) groups excluding carboxylic acids is 2. The Morgan fingerprint density at radius 2 is 2.12 bits per heavy atom. The molecule has 1 atom stereocenters. The zero-order valence-electron chi connectivity index (χ0n) is 14.0. The summed E-state index contributed by atoms with van der Waals surface area (Å²) >= 11 is 12.0. The predicted molar refractivity (Wildman–Crippen MR) is 96.4 cm³/mol. The number of likely N-dealkylation sites (N-methyl/N-ethyl adjacent to an activating group) is 1. The number of benzene rings is 1. The molecule has 1 fully saturated rings. The van der Waals surface area contributed by atoms with Crippen molar-refractivity contribution in [1.29, 1.82) is 0 Å². The lowest BCUT2D eigenvalue weighted by molar-refractivity contribution is -0.129. The first-order valence-corrected chi connectivity index (χ1v) is 8.76. The van der Waals surface area contributed by atoms with Gasteiger partial charge in [0.1, 0.15) is 0 Å². The summed E-state index contributed by atoms with van der Waals surface area (Å²) in [7, 11) is 3.91. The molecule has 1 aromatic rings. The van der Waals surface area contributed by atoms with Gasteiger partial charge in [-0.25, -0.2) is 0 Å². The van der Waals surface area contributed by atoms with E-state index in [4.69, 9.17) is 23.2 Å². The smallest absolute Gasteiger partial charge is 0.225 e. The van der Waals surface area contributed by atoms with E-state index in [1.165, 1.54) is 0 Å². The second kappa shape index (κ2) is 8.70. The van der Waals surface area contributed by atoms with Gasteiger partial charge in [-0.15, -0.1) is 0 Å². The maximum Gasteiger partial charge on any atom is 0.225 e. The lowest BCUT2D eigenvalue weighted by Crippen LogP contribution is -2.37. The normalized spacial score (nSPS) is 17.6. The molecule has 1 aliphatic rings. The fourth-order valence-corrected chi connectivity index (χ4v) is 3.19. The molecule has 0 aromatic heterocycles. The van der Waals surface area contributed by atoms with Crippen molar-refractivity contribution >= 4 is 35.0 Å². The fourth-order valence-electron chi connectivity index (χ4n) is 2.69. The number of amides is 2. The summed E-state index contributed by atoms with van der Waals surface area (Å²) in [6.45, 7) is 2.40. The van der Waals surface area contributed by atoms with Gasteiger partial charge < -0.3 is 15.1 Å². The molecular weight excluding hydrogens is 349 g/mol. The van der Waals surface area contributed by atoms with Crippen LogP contribution in [0.5, 0.6) is 0 Å². The zero-order chi connectivity index (χ0) is 17.7. The largest absolute Gasteiger partial charge is 0.355 e. The average Bonchev–Trinajstić information content (AvgIpc) is 2.87. The van der Waals surface area contributed by atoms with E-state index in [1.54, 1.807) is 17.0 Å². The Kier molecular flexibility index (Phi) is 6.90. The third kappa shape index (κ3) is 5.36. The van der Waals surface area contributed by atoms with Gasteiger partial charge in [0.25, 0.3) is 0 Å². The van der Waals surface area contributed by atoms with Gasteiger partial charge in [0, 0.05) is 42.6 Å². The molecule has 1 N–H and O–H groups in total. The van der Waals surface area contributed by atoms with Crippen LogP contribution in [0.1, 0.15) is 12.0 Å². The molecule has 1 aromatic carbocycles. The van der Waals surface area contributed by atoms with Crippen LogP contribution >= 0.6 is 23.2 Å². The van der Waals surface area contributed by atoms with Gasteiger partial charge in [-0.2, -0.15) is 0 Å². The van der Waals surface area contributed by atoms with Crippen LogP contribution in [-0.2, 0) is 16.0 Å². The standard InChI is InChI=1S/C17H23Cl2N3O2/c1-21(2)8-6-20-17(24)13-9-16(23)22(11-13)7-5-12-3-4-14(18)10-15(12)19/h3-4,10,13H,5-9,11H2,1-2H3,(H,20,24). The van der Waals surface area contributed by atoms with Gasteiger partial charge >= 0.3 is 0 Å². The molecule has 0 spiro atoms. The number of halogens is 2. The highest BCUT2D eigenvalue weighted by Crippen LogP contribution is 2.23. The Labute approximate surface area is 152 Å². The van der Waals surface area contributed by atoms with E-state index in [0.717, 1.165) is 12.1 Å². The van der Waals surface area contributed by atoms with Gasteiger partial charge in [0.05, 0.1) is 5.92 Å². The Bertz CT molecular complexity index is 607. The molecule has 24 heavy (non-hydrogen) atoms.